The lowest BCUT2D eigenvalue weighted by atomic mass is 10.1. The number of carbonyl (C=O) groups is 1. The van der Waals surface area contributed by atoms with Gasteiger partial charge in [0.1, 0.15) is 0 Å². The second kappa shape index (κ2) is 8.91. The summed E-state index contributed by atoms with van der Waals surface area (Å²) in [5, 5.41) is 15.0. The van der Waals surface area contributed by atoms with Gasteiger partial charge in [0, 0.05) is 22.4 Å². The van der Waals surface area contributed by atoms with Crippen LogP contribution < -0.4 is 5.32 Å². The number of nitrogens with one attached hydrogen (secondary N) is 1. The molecule has 0 radical (unpaired) electrons. The van der Waals surface area contributed by atoms with Crippen LogP contribution in [0.5, 0.6) is 0 Å². The van der Waals surface area contributed by atoms with Gasteiger partial charge in [0.05, 0.1) is 16.5 Å². The average molecular weight is 421 g/mol. The predicted octanol–water partition coefficient (Wildman–Crippen LogP) is 5.42. The van der Waals surface area contributed by atoms with Gasteiger partial charge >= 0.3 is 0 Å². The van der Waals surface area contributed by atoms with Crippen molar-refractivity contribution >= 4 is 46.3 Å². The number of benzene rings is 1. The number of rotatable bonds is 7. The second-order valence-electron chi connectivity index (χ2n) is 6.11. The SMILES string of the molecule is CCCn1c(SCC(=O)Nc2ccccc2Cl)nnc1-c1csc(C)c1C. The number of aryl methyl sites for hydroxylation is 1. The van der Waals surface area contributed by atoms with Crippen molar-refractivity contribution in [2.45, 2.75) is 38.9 Å². The fourth-order valence-corrected chi connectivity index (χ4v) is 4.44. The van der Waals surface area contributed by atoms with E-state index in [0.29, 0.717) is 10.7 Å². The molecule has 0 saturated heterocycles. The maximum atomic E-state index is 12.3. The zero-order valence-electron chi connectivity index (χ0n) is 15.5. The van der Waals surface area contributed by atoms with E-state index in [1.807, 2.05) is 12.1 Å². The summed E-state index contributed by atoms with van der Waals surface area (Å²) >= 11 is 9.20. The highest BCUT2D eigenvalue weighted by atomic mass is 35.5. The van der Waals surface area contributed by atoms with Gasteiger partial charge in [0.2, 0.25) is 5.91 Å². The first kappa shape index (κ1) is 19.9. The van der Waals surface area contributed by atoms with Gasteiger partial charge in [0.25, 0.3) is 0 Å². The topological polar surface area (TPSA) is 59.8 Å². The van der Waals surface area contributed by atoms with E-state index in [2.05, 4.69) is 46.2 Å². The number of hydrogen-bond acceptors (Lipinski definition) is 5. The molecule has 0 aliphatic rings. The first-order chi connectivity index (χ1) is 13.0. The third-order valence-electron chi connectivity index (χ3n) is 4.17. The quantitative estimate of drug-likeness (QED) is 0.518. The van der Waals surface area contributed by atoms with Gasteiger partial charge in [-0.2, -0.15) is 0 Å². The Labute approximate surface area is 172 Å². The van der Waals surface area contributed by atoms with E-state index in [1.165, 1.54) is 22.2 Å². The molecule has 1 N–H and O–H groups in total. The minimum atomic E-state index is -0.122. The number of aromatic nitrogens is 3. The first-order valence-corrected chi connectivity index (χ1v) is 10.9. The molecular weight excluding hydrogens is 400 g/mol. The number of amides is 1. The zero-order valence-corrected chi connectivity index (χ0v) is 17.8. The molecule has 0 fully saturated rings. The van der Waals surface area contributed by atoms with Crippen molar-refractivity contribution in [3.8, 4) is 11.4 Å². The second-order valence-corrected chi connectivity index (χ2v) is 8.54. The number of halogens is 1. The molecule has 0 spiro atoms. The normalized spacial score (nSPS) is 11.0. The number of thiophene rings is 1. The van der Waals surface area contributed by atoms with Crippen LogP contribution >= 0.6 is 34.7 Å². The molecule has 3 aromatic rings. The van der Waals surface area contributed by atoms with E-state index < -0.39 is 0 Å². The standard InChI is InChI=1S/C19H21ClN4OS2/c1-4-9-24-18(14-10-26-13(3)12(14)2)22-23-19(24)27-11-17(25)21-16-8-6-5-7-15(16)20/h5-8,10H,4,9,11H2,1-3H3,(H,21,25). The Hall–Kier alpha value is -1.83. The van der Waals surface area contributed by atoms with E-state index in [0.717, 1.165) is 29.5 Å². The lowest BCUT2D eigenvalue weighted by Gasteiger charge is -2.09. The molecule has 3 rings (SSSR count). The maximum absolute atomic E-state index is 12.3. The van der Waals surface area contributed by atoms with Crippen LogP contribution in [0, 0.1) is 13.8 Å². The van der Waals surface area contributed by atoms with Gasteiger partial charge < -0.3 is 9.88 Å². The number of hydrogen-bond donors (Lipinski definition) is 1. The molecule has 0 atom stereocenters. The third kappa shape index (κ3) is 4.54. The molecule has 8 heteroatoms. The van der Waals surface area contributed by atoms with Crippen molar-refractivity contribution in [3.63, 3.8) is 0 Å². The summed E-state index contributed by atoms with van der Waals surface area (Å²) in [6.45, 7) is 7.15. The Balaban J connectivity index is 1.74. The van der Waals surface area contributed by atoms with Crippen LogP contribution in [0.1, 0.15) is 23.8 Å². The Morgan fingerprint density at radius 1 is 1.30 bits per heavy atom. The van der Waals surface area contributed by atoms with E-state index in [4.69, 9.17) is 11.6 Å². The average Bonchev–Trinajstić information content (AvgIpc) is 3.19. The highest BCUT2D eigenvalue weighted by molar-refractivity contribution is 7.99. The fraction of sp³-hybridized carbons (Fsp3) is 0.316. The smallest absolute Gasteiger partial charge is 0.234 e. The van der Waals surface area contributed by atoms with Gasteiger partial charge in [-0.1, -0.05) is 42.4 Å². The molecule has 0 aliphatic heterocycles. The Morgan fingerprint density at radius 2 is 2.07 bits per heavy atom. The highest BCUT2D eigenvalue weighted by Gasteiger charge is 2.18. The molecule has 1 amide bonds. The maximum Gasteiger partial charge on any atom is 0.234 e. The minimum absolute atomic E-state index is 0.122. The number of thioether (sulfide) groups is 1. The third-order valence-corrected chi connectivity index (χ3v) is 6.48. The van der Waals surface area contributed by atoms with E-state index >= 15 is 0 Å². The molecule has 1 aromatic carbocycles. The van der Waals surface area contributed by atoms with Crippen molar-refractivity contribution in [3.05, 3.63) is 45.1 Å². The molecule has 0 bridgehead atoms. The predicted molar refractivity (Wildman–Crippen MR) is 114 cm³/mol. The molecule has 0 saturated carbocycles. The Morgan fingerprint density at radius 3 is 2.74 bits per heavy atom. The van der Waals surface area contributed by atoms with Crippen molar-refractivity contribution in [2.75, 3.05) is 11.1 Å². The molecule has 0 unspecified atom stereocenters. The van der Waals surface area contributed by atoms with Crippen molar-refractivity contribution in [1.29, 1.82) is 0 Å². The van der Waals surface area contributed by atoms with Gasteiger partial charge in [-0.25, -0.2) is 0 Å². The summed E-state index contributed by atoms with van der Waals surface area (Å²) in [5.74, 6) is 0.991. The monoisotopic (exact) mass is 420 g/mol. The summed E-state index contributed by atoms with van der Waals surface area (Å²) in [6, 6.07) is 7.20. The molecule has 0 aliphatic carbocycles. The van der Waals surface area contributed by atoms with Gasteiger partial charge in [-0.05, 0) is 38.0 Å². The van der Waals surface area contributed by atoms with Crippen molar-refractivity contribution in [1.82, 2.24) is 14.8 Å². The number of anilines is 1. The van der Waals surface area contributed by atoms with Gasteiger partial charge in [-0.3, -0.25) is 4.79 Å². The Bertz CT molecular complexity index is 951. The van der Waals surface area contributed by atoms with Crippen LogP contribution in [0.25, 0.3) is 11.4 Å². The van der Waals surface area contributed by atoms with Gasteiger partial charge in [0.15, 0.2) is 11.0 Å². The number of carbonyl (C=O) groups excluding carboxylic acids is 1. The minimum Gasteiger partial charge on any atom is -0.324 e. The Kier molecular flexibility index (Phi) is 6.57. The van der Waals surface area contributed by atoms with Crippen LogP contribution in [0.15, 0.2) is 34.8 Å². The summed E-state index contributed by atoms with van der Waals surface area (Å²) < 4.78 is 2.10. The van der Waals surface area contributed by atoms with Crippen LogP contribution in [-0.2, 0) is 11.3 Å². The lowest BCUT2D eigenvalue weighted by molar-refractivity contribution is -0.113. The molecule has 27 heavy (non-hydrogen) atoms. The van der Waals surface area contributed by atoms with Gasteiger partial charge in [-0.15, -0.1) is 21.5 Å². The molecule has 2 heterocycles. The summed E-state index contributed by atoms with van der Waals surface area (Å²) in [4.78, 5) is 13.6. The lowest BCUT2D eigenvalue weighted by Crippen LogP contribution is -2.15. The number of nitrogens with zero attached hydrogens (tertiary/aromatic N) is 3. The molecule has 2 aromatic heterocycles. The highest BCUT2D eigenvalue weighted by Crippen LogP contribution is 2.32. The first-order valence-electron chi connectivity index (χ1n) is 8.66. The van der Waals surface area contributed by atoms with Crippen LogP contribution in [0.3, 0.4) is 0 Å². The summed E-state index contributed by atoms with van der Waals surface area (Å²) in [7, 11) is 0. The molecular formula is C19H21ClN4OS2. The van der Waals surface area contributed by atoms with Crippen LogP contribution in [0.2, 0.25) is 5.02 Å². The van der Waals surface area contributed by atoms with E-state index in [1.54, 1.807) is 23.5 Å². The summed E-state index contributed by atoms with van der Waals surface area (Å²) in [6.07, 6.45) is 0.965. The number of para-hydroxylation sites is 1. The van der Waals surface area contributed by atoms with E-state index in [-0.39, 0.29) is 11.7 Å². The largest absolute Gasteiger partial charge is 0.324 e. The fourth-order valence-electron chi connectivity index (χ4n) is 2.63. The summed E-state index contributed by atoms with van der Waals surface area (Å²) in [5.41, 5.74) is 2.97. The van der Waals surface area contributed by atoms with E-state index in [9.17, 15) is 4.79 Å². The molecule has 5 nitrogen and oxygen atoms in total. The zero-order chi connectivity index (χ0) is 19.4. The molecule has 142 valence electrons. The van der Waals surface area contributed by atoms with Crippen molar-refractivity contribution < 1.29 is 4.79 Å². The van der Waals surface area contributed by atoms with Crippen LogP contribution in [0.4, 0.5) is 5.69 Å². The van der Waals surface area contributed by atoms with Crippen LogP contribution in [-0.4, -0.2) is 26.4 Å². The van der Waals surface area contributed by atoms with Crippen molar-refractivity contribution in [2.24, 2.45) is 0 Å².